The Hall–Kier alpha value is -1.90. The molecule has 0 saturated carbocycles. The van der Waals surface area contributed by atoms with Crippen LogP contribution in [0.15, 0.2) is 24.3 Å². The Balaban J connectivity index is 1.83. The van der Waals surface area contributed by atoms with Gasteiger partial charge in [-0.1, -0.05) is 18.2 Å². The number of hydrogen-bond donors (Lipinski definition) is 1. The first-order chi connectivity index (χ1) is 11.8. The summed E-state index contributed by atoms with van der Waals surface area (Å²) in [6.07, 6.45) is 0.625. The van der Waals surface area contributed by atoms with Crippen LogP contribution >= 0.6 is 0 Å². The normalized spacial score (nSPS) is 17.2. The van der Waals surface area contributed by atoms with E-state index in [2.05, 4.69) is 4.98 Å². The van der Waals surface area contributed by atoms with Crippen LogP contribution in [0.2, 0.25) is 0 Å². The van der Waals surface area contributed by atoms with Gasteiger partial charge in [0, 0.05) is 56.9 Å². The molecule has 1 fully saturated rings. The summed E-state index contributed by atoms with van der Waals surface area (Å²) in [6, 6.07) is 7.74. The number of para-hydroxylation sites is 1. The van der Waals surface area contributed by atoms with Gasteiger partial charge in [-0.3, -0.25) is 4.79 Å². The molecule has 1 saturated heterocycles. The van der Waals surface area contributed by atoms with Crippen LogP contribution in [0.5, 0.6) is 0 Å². The highest BCUT2D eigenvalue weighted by atomic mass is 32.2. The number of carbonyl (C=O) groups excluding carboxylic acids is 1. The zero-order valence-corrected chi connectivity index (χ0v) is 15.6. The summed E-state index contributed by atoms with van der Waals surface area (Å²) in [5, 5.41) is 0.909. The van der Waals surface area contributed by atoms with Gasteiger partial charge in [0.1, 0.15) is 0 Å². The molecule has 1 amide bonds. The number of hydrogen-bond acceptors (Lipinski definition) is 3. The first-order valence-corrected chi connectivity index (χ1v) is 9.76. The lowest BCUT2D eigenvalue weighted by Gasteiger charge is -2.24. The third kappa shape index (κ3) is 3.29. The average Bonchev–Trinajstić information content (AvgIpc) is 2.73. The number of benzene rings is 1. The van der Waals surface area contributed by atoms with Crippen molar-refractivity contribution >= 4 is 27.0 Å². The molecule has 0 unspecified atom stereocenters. The predicted octanol–water partition coefficient (Wildman–Crippen LogP) is 1.43. The minimum absolute atomic E-state index is 0.0425. The largest absolute Gasteiger partial charge is 0.358 e. The summed E-state index contributed by atoms with van der Waals surface area (Å²) < 4.78 is 27.3. The zero-order valence-electron chi connectivity index (χ0n) is 14.8. The number of carbonyl (C=O) groups is 1. The van der Waals surface area contributed by atoms with Crippen molar-refractivity contribution < 1.29 is 13.2 Å². The van der Waals surface area contributed by atoms with Crippen LogP contribution in [0.3, 0.4) is 0 Å². The van der Waals surface area contributed by atoms with Crippen LogP contribution < -0.4 is 0 Å². The molecule has 0 radical (unpaired) electrons. The van der Waals surface area contributed by atoms with Gasteiger partial charge in [-0.15, -0.1) is 0 Å². The quantitative estimate of drug-likeness (QED) is 0.895. The second-order valence-corrected chi connectivity index (χ2v) is 8.65. The Morgan fingerprint density at radius 1 is 1.12 bits per heavy atom. The van der Waals surface area contributed by atoms with Crippen LogP contribution in [0.25, 0.3) is 10.9 Å². The number of H-pyrrole nitrogens is 1. The van der Waals surface area contributed by atoms with Gasteiger partial charge in [0.25, 0.3) is 16.1 Å². The van der Waals surface area contributed by atoms with Crippen molar-refractivity contribution in [3.8, 4) is 0 Å². The lowest BCUT2D eigenvalue weighted by molar-refractivity contribution is 0.0765. The highest BCUT2D eigenvalue weighted by molar-refractivity contribution is 7.86. The van der Waals surface area contributed by atoms with Crippen molar-refractivity contribution in [2.45, 2.75) is 13.3 Å². The summed E-state index contributed by atoms with van der Waals surface area (Å²) in [5.41, 5.74) is 2.46. The van der Waals surface area contributed by atoms with E-state index in [1.165, 1.54) is 22.7 Å². The molecule has 7 nitrogen and oxygen atoms in total. The van der Waals surface area contributed by atoms with E-state index in [4.69, 9.17) is 0 Å². The fourth-order valence-corrected chi connectivity index (χ4v) is 4.40. The van der Waals surface area contributed by atoms with Gasteiger partial charge in [-0.05, 0) is 19.4 Å². The fraction of sp³-hybridized carbons (Fsp3) is 0.471. The van der Waals surface area contributed by atoms with Crippen LogP contribution in [-0.2, 0) is 10.2 Å². The summed E-state index contributed by atoms with van der Waals surface area (Å²) in [7, 11) is -0.394. The van der Waals surface area contributed by atoms with E-state index in [0.717, 1.165) is 16.6 Å². The molecule has 8 heteroatoms. The standard InChI is InChI=1S/C17H24N4O3S/c1-13-16(14-7-4-5-8-15(14)18-13)17(22)20-9-6-10-21(12-11-20)25(23,24)19(2)3/h4-5,7-8,18H,6,9-12H2,1-3H3. The number of amides is 1. The number of aromatic nitrogens is 1. The highest BCUT2D eigenvalue weighted by Gasteiger charge is 2.29. The molecule has 3 rings (SSSR count). The fourth-order valence-electron chi connectivity index (χ4n) is 3.27. The van der Waals surface area contributed by atoms with Gasteiger partial charge in [0.2, 0.25) is 0 Å². The van der Waals surface area contributed by atoms with Crippen molar-refractivity contribution in [1.82, 2.24) is 18.5 Å². The number of nitrogens with zero attached hydrogens (tertiary/aromatic N) is 3. The molecule has 25 heavy (non-hydrogen) atoms. The topological polar surface area (TPSA) is 76.7 Å². The summed E-state index contributed by atoms with van der Waals surface area (Å²) in [6.45, 7) is 3.58. The molecule has 1 aromatic heterocycles. The molecule has 1 N–H and O–H groups in total. The first kappa shape index (κ1) is 17.9. The average molecular weight is 364 g/mol. The van der Waals surface area contributed by atoms with Crippen molar-refractivity contribution in [3.05, 3.63) is 35.5 Å². The Morgan fingerprint density at radius 3 is 2.56 bits per heavy atom. The van der Waals surface area contributed by atoms with Crippen molar-refractivity contribution in [2.75, 3.05) is 40.3 Å². The molecule has 0 aliphatic carbocycles. The zero-order chi connectivity index (χ0) is 18.2. The third-order valence-electron chi connectivity index (χ3n) is 4.64. The van der Waals surface area contributed by atoms with E-state index in [-0.39, 0.29) is 5.91 Å². The number of aryl methyl sites for hydroxylation is 1. The third-order valence-corrected chi connectivity index (χ3v) is 6.58. The Bertz CT molecular complexity index is 888. The van der Waals surface area contributed by atoms with Gasteiger partial charge >= 0.3 is 0 Å². The first-order valence-electron chi connectivity index (χ1n) is 8.36. The second kappa shape index (κ2) is 6.78. The van der Waals surface area contributed by atoms with Gasteiger partial charge in [-0.2, -0.15) is 17.0 Å². The van der Waals surface area contributed by atoms with E-state index in [1.54, 1.807) is 4.90 Å². The molecular weight excluding hydrogens is 340 g/mol. The van der Waals surface area contributed by atoms with Gasteiger partial charge in [0.05, 0.1) is 5.56 Å². The summed E-state index contributed by atoms with van der Waals surface area (Å²) in [4.78, 5) is 18.1. The SMILES string of the molecule is Cc1[nH]c2ccccc2c1C(=O)N1CCCN(S(=O)(=O)N(C)C)CC1. The van der Waals surface area contributed by atoms with Gasteiger partial charge < -0.3 is 9.88 Å². The Labute approximate surface area is 148 Å². The predicted molar refractivity (Wildman–Crippen MR) is 97.7 cm³/mol. The monoisotopic (exact) mass is 364 g/mol. The van der Waals surface area contributed by atoms with Gasteiger partial charge in [0.15, 0.2) is 0 Å². The van der Waals surface area contributed by atoms with E-state index >= 15 is 0 Å². The smallest absolute Gasteiger partial charge is 0.281 e. The number of nitrogens with one attached hydrogen (secondary N) is 1. The maximum atomic E-state index is 13.1. The number of aromatic amines is 1. The molecule has 1 aliphatic heterocycles. The Kier molecular flexibility index (Phi) is 4.86. The van der Waals surface area contributed by atoms with Crippen LogP contribution in [-0.4, -0.2) is 73.1 Å². The lowest BCUT2D eigenvalue weighted by atomic mass is 10.1. The molecule has 1 aliphatic rings. The van der Waals surface area contributed by atoms with E-state index < -0.39 is 10.2 Å². The molecule has 136 valence electrons. The van der Waals surface area contributed by atoms with Crippen molar-refractivity contribution in [1.29, 1.82) is 0 Å². The second-order valence-electron chi connectivity index (χ2n) is 6.51. The molecule has 1 aromatic carbocycles. The minimum atomic E-state index is -3.45. The van der Waals surface area contributed by atoms with Crippen LogP contribution in [0.1, 0.15) is 22.5 Å². The molecular formula is C17H24N4O3S. The number of fused-ring (bicyclic) bond motifs is 1. The summed E-state index contributed by atoms with van der Waals surface area (Å²) >= 11 is 0. The molecule has 0 atom stereocenters. The van der Waals surface area contributed by atoms with E-state index in [0.29, 0.717) is 38.2 Å². The molecule has 0 bridgehead atoms. The molecule has 2 aromatic rings. The summed E-state index contributed by atoms with van der Waals surface area (Å²) in [5.74, 6) is -0.0425. The van der Waals surface area contributed by atoms with Crippen LogP contribution in [0, 0.1) is 6.92 Å². The van der Waals surface area contributed by atoms with Crippen molar-refractivity contribution in [2.24, 2.45) is 0 Å². The lowest BCUT2D eigenvalue weighted by Crippen LogP contribution is -2.42. The maximum absolute atomic E-state index is 13.1. The molecule has 2 heterocycles. The Morgan fingerprint density at radius 2 is 1.84 bits per heavy atom. The maximum Gasteiger partial charge on any atom is 0.281 e. The molecule has 0 spiro atoms. The van der Waals surface area contributed by atoms with Gasteiger partial charge in [-0.25, -0.2) is 0 Å². The van der Waals surface area contributed by atoms with Crippen LogP contribution in [0.4, 0.5) is 0 Å². The van der Waals surface area contributed by atoms with E-state index in [1.807, 2.05) is 31.2 Å². The number of rotatable bonds is 3. The van der Waals surface area contributed by atoms with E-state index in [9.17, 15) is 13.2 Å². The highest BCUT2D eigenvalue weighted by Crippen LogP contribution is 2.24. The van der Waals surface area contributed by atoms with Crippen molar-refractivity contribution in [3.63, 3.8) is 0 Å². The minimum Gasteiger partial charge on any atom is -0.358 e.